The van der Waals surface area contributed by atoms with Gasteiger partial charge in [0.1, 0.15) is 0 Å². The van der Waals surface area contributed by atoms with Crippen molar-refractivity contribution in [1.82, 2.24) is 9.88 Å². The molecule has 1 aromatic heterocycles. The average molecular weight is 280 g/mol. The molecule has 0 radical (unpaired) electrons. The summed E-state index contributed by atoms with van der Waals surface area (Å²) in [6.45, 7) is 0. The van der Waals surface area contributed by atoms with Crippen LogP contribution in [-0.2, 0) is 0 Å². The minimum Gasteiger partial charge on any atom is -0.494 e. The fourth-order valence-electron chi connectivity index (χ4n) is 1.52. The zero-order valence-corrected chi connectivity index (χ0v) is 11.6. The molecule has 0 N–H and O–H groups in total. The molecular formula is C13H13FN2O2S. The Morgan fingerprint density at radius 1 is 1.42 bits per heavy atom. The quantitative estimate of drug-likeness (QED) is 0.868. The number of carbonyl (C=O) groups excluding carboxylic acids is 1. The van der Waals surface area contributed by atoms with Gasteiger partial charge in [-0.3, -0.25) is 4.79 Å². The first-order chi connectivity index (χ1) is 9.02. The SMILES string of the molecule is COc1ccc(-c2csc(C(=O)N(C)C)n2)cc1F. The summed E-state index contributed by atoms with van der Waals surface area (Å²) < 4.78 is 18.5. The smallest absolute Gasteiger partial charge is 0.282 e. The third-order valence-corrected chi connectivity index (χ3v) is 3.37. The molecule has 0 aliphatic heterocycles. The molecule has 0 aliphatic rings. The first kappa shape index (κ1) is 13.5. The lowest BCUT2D eigenvalue weighted by Crippen LogP contribution is -2.21. The summed E-state index contributed by atoms with van der Waals surface area (Å²) in [4.78, 5) is 17.4. The van der Waals surface area contributed by atoms with E-state index in [1.165, 1.54) is 35.5 Å². The lowest BCUT2D eigenvalue weighted by molar-refractivity contribution is 0.0827. The first-order valence-electron chi connectivity index (χ1n) is 5.54. The molecule has 1 aromatic carbocycles. The summed E-state index contributed by atoms with van der Waals surface area (Å²) in [7, 11) is 4.74. The van der Waals surface area contributed by atoms with E-state index in [1.807, 2.05) is 0 Å². The van der Waals surface area contributed by atoms with Crippen LogP contribution in [0.1, 0.15) is 9.80 Å². The van der Waals surface area contributed by atoms with Gasteiger partial charge in [-0.25, -0.2) is 9.37 Å². The molecule has 0 saturated heterocycles. The number of carbonyl (C=O) groups is 1. The Kier molecular flexibility index (Phi) is 3.80. The predicted octanol–water partition coefficient (Wildman–Crippen LogP) is 2.66. The summed E-state index contributed by atoms with van der Waals surface area (Å²) in [6.07, 6.45) is 0. The van der Waals surface area contributed by atoms with Crippen LogP contribution in [0, 0.1) is 5.82 Å². The highest BCUT2D eigenvalue weighted by Crippen LogP contribution is 2.26. The second kappa shape index (κ2) is 5.36. The van der Waals surface area contributed by atoms with Crippen LogP contribution in [-0.4, -0.2) is 37.0 Å². The van der Waals surface area contributed by atoms with Crippen LogP contribution in [0.15, 0.2) is 23.6 Å². The number of amides is 1. The number of hydrogen-bond acceptors (Lipinski definition) is 4. The fraction of sp³-hybridized carbons (Fsp3) is 0.231. The van der Waals surface area contributed by atoms with Gasteiger partial charge in [0.05, 0.1) is 12.8 Å². The molecule has 2 rings (SSSR count). The van der Waals surface area contributed by atoms with Gasteiger partial charge in [0, 0.05) is 25.0 Å². The van der Waals surface area contributed by atoms with Crippen molar-refractivity contribution in [3.63, 3.8) is 0 Å². The van der Waals surface area contributed by atoms with Crippen molar-refractivity contribution < 1.29 is 13.9 Å². The molecule has 6 heteroatoms. The van der Waals surface area contributed by atoms with E-state index in [0.29, 0.717) is 16.3 Å². The van der Waals surface area contributed by atoms with E-state index >= 15 is 0 Å². The number of ether oxygens (including phenoxy) is 1. The van der Waals surface area contributed by atoms with Gasteiger partial charge >= 0.3 is 0 Å². The van der Waals surface area contributed by atoms with E-state index in [2.05, 4.69) is 4.98 Å². The molecule has 2 aromatic rings. The van der Waals surface area contributed by atoms with Crippen LogP contribution in [0.2, 0.25) is 0 Å². The lowest BCUT2D eigenvalue weighted by atomic mass is 10.1. The molecule has 0 unspecified atom stereocenters. The Bertz CT molecular complexity index is 610. The topological polar surface area (TPSA) is 42.4 Å². The molecule has 0 spiro atoms. The Morgan fingerprint density at radius 2 is 2.16 bits per heavy atom. The van der Waals surface area contributed by atoms with E-state index in [4.69, 9.17) is 4.74 Å². The largest absolute Gasteiger partial charge is 0.494 e. The highest BCUT2D eigenvalue weighted by atomic mass is 32.1. The van der Waals surface area contributed by atoms with E-state index in [1.54, 1.807) is 25.5 Å². The Morgan fingerprint density at radius 3 is 2.74 bits per heavy atom. The van der Waals surface area contributed by atoms with E-state index in [-0.39, 0.29) is 11.7 Å². The number of nitrogens with zero attached hydrogens (tertiary/aromatic N) is 2. The lowest BCUT2D eigenvalue weighted by Gasteiger charge is -2.06. The van der Waals surface area contributed by atoms with Crippen LogP contribution in [0.5, 0.6) is 5.75 Å². The van der Waals surface area contributed by atoms with Crippen LogP contribution in [0.25, 0.3) is 11.3 Å². The van der Waals surface area contributed by atoms with Gasteiger partial charge in [0.15, 0.2) is 16.6 Å². The number of benzene rings is 1. The minimum absolute atomic E-state index is 0.162. The zero-order chi connectivity index (χ0) is 14.0. The van der Waals surface area contributed by atoms with Gasteiger partial charge in [0.25, 0.3) is 5.91 Å². The third-order valence-electron chi connectivity index (χ3n) is 2.54. The van der Waals surface area contributed by atoms with Gasteiger partial charge in [0.2, 0.25) is 0 Å². The second-order valence-electron chi connectivity index (χ2n) is 4.09. The number of aromatic nitrogens is 1. The van der Waals surface area contributed by atoms with E-state index < -0.39 is 5.82 Å². The molecule has 0 fully saturated rings. The van der Waals surface area contributed by atoms with E-state index in [9.17, 15) is 9.18 Å². The highest BCUT2D eigenvalue weighted by Gasteiger charge is 2.14. The van der Waals surface area contributed by atoms with Crippen molar-refractivity contribution in [2.24, 2.45) is 0 Å². The second-order valence-corrected chi connectivity index (χ2v) is 4.94. The van der Waals surface area contributed by atoms with Crippen LogP contribution < -0.4 is 4.74 Å². The molecule has 0 aliphatic carbocycles. The molecule has 0 bridgehead atoms. The van der Waals surface area contributed by atoms with Gasteiger partial charge in [-0.2, -0.15) is 0 Å². The van der Waals surface area contributed by atoms with E-state index in [0.717, 1.165) is 0 Å². The molecule has 19 heavy (non-hydrogen) atoms. The monoisotopic (exact) mass is 280 g/mol. The fourth-order valence-corrected chi connectivity index (χ4v) is 2.37. The van der Waals surface area contributed by atoms with Crippen LogP contribution in [0.4, 0.5) is 4.39 Å². The molecule has 0 atom stereocenters. The predicted molar refractivity (Wildman–Crippen MR) is 72.1 cm³/mol. The Hall–Kier alpha value is -1.95. The maximum absolute atomic E-state index is 13.6. The number of rotatable bonds is 3. The van der Waals surface area contributed by atoms with Crippen LogP contribution in [0.3, 0.4) is 0 Å². The van der Waals surface area contributed by atoms with Crippen molar-refractivity contribution in [2.45, 2.75) is 0 Å². The number of thiazole rings is 1. The number of halogens is 1. The standard InChI is InChI=1S/C13H13FN2O2S/c1-16(2)13(17)12-15-10(7-19-12)8-4-5-11(18-3)9(14)6-8/h4-7H,1-3H3. The average Bonchev–Trinajstić information content (AvgIpc) is 2.87. The maximum atomic E-state index is 13.6. The summed E-state index contributed by atoms with van der Waals surface area (Å²) in [5.74, 6) is -0.428. The maximum Gasteiger partial charge on any atom is 0.282 e. The van der Waals surface area contributed by atoms with Gasteiger partial charge in [-0.15, -0.1) is 11.3 Å². The third kappa shape index (κ3) is 2.73. The number of methoxy groups -OCH3 is 1. The molecule has 1 amide bonds. The van der Waals surface area contributed by atoms with Crippen LogP contribution >= 0.6 is 11.3 Å². The van der Waals surface area contributed by atoms with Gasteiger partial charge in [-0.05, 0) is 18.2 Å². The minimum atomic E-state index is -0.450. The highest BCUT2D eigenvalue weighted by molar-refractivity contribution is 7.12. The summed E-state index contributed by atoms with van der Waals surface area (Å²) in [5, 5.41) is 2.12. The summed E-state index contributed by atoms with van der Waals surface area (Å²) in [5.41, 5.74) is 1.20. The summed E-state index contributed by atoms with van der Waals surface area (Å²) in [6, 6.07) is 4.59. The molecule has 1 heterocycles. The normalized spacial score (nSPS) is 10.3. The molecule has 0 saturated carbocycles. The van der Waals surface area contributed by atoms with Crippen molar-refractivity contribution in [2.75, 3.05) is 21.2 Å². The number of hydrogen-bond donors (Lipinski definition) is 0. The van der Waals surface area contributed by atoms with Crippen molar-refractivity contribution in [1.29, 1.82) is 0 Å². The van der Waals surface area contributed by atoms with Crippen molar-refractivity contribution >= 4 is 17.2 Å². The molecular weight excluding hydrogens is 267 g/mol. The van der Waals surface area contributed by atoms with Crippen molar-refractivity contribution in [3.8, 4) is 17.0 Å². The first-order valence-corrected chi connectivity index (χ1v) is 6.42. The van der Waals surface area contributed by atoms with Gasteiger partial charge < -0.3 is 9.64 Å². The summed E-state index contributed by atoms with van der Waals surface area (Å²) >= 11 is 1.24. The Labute approximate surface area is 114 Å². The van der Waals surface area contributed by atoms with Gasteiger partial charge in [-0.1, -0.05) is 0 Å². The zero-order valence-electron chi connectivity index (χ0n) is 10.8. The Balaban J connectivity index is 2.33. The molecule has 100 valence electrons. The molecule has 4 nitrogen and oxygen atoms in total. The van der Waals surface area contributed by atoms with Crippen molar-refractivity contribution in [3.05, 3.63) is 34.4 Å².